The minimum Gasteiger partial charge on any atom is -0.464 e. The van der Waals surface area contributed by atoms with Gasteiger partial charge in [0.15, 0.2) is 0 Å². The number of rotatable bonds is 4. The molecule has 0 spiro atoms. The summed E-state index contributed by atoms with van der Waals surface area (Å²) in [6.45, 7) is 3.22. The summed E-state index contributed by atoms with van der Waals surface area (Å²) in [7, 11) is 0. The molecule has 5 heteroatoms. The van der Waals surface area contributed by atoms with Gasteiger partial charge in [-0.3, -0.25) is 9.59 Å². The molecule has 0 aliphatic carbocycles. The van der Waals surface area contributed by atoms with Crippen molar-refractivity contribution in [3.8, 4) is 0 Å². The minimum atomic E-state index is -0.392. The first-order valence-corrected chi connectivity index (χ1v) is 5.61. The van der Waals surface area contributed by atoms with Crippen LogP contribution in [0.5, 0.6) is 0 Å². The molecule has 0 aromatic rings. The number of carbonyl (C=O) groups is 2. The Balaban J connectivity index is 2.50. The van der Waals surface area contributed by atoms with Crippen molar-refractivity contribution in [2.45, 2.75) is 18.6 Å². The van der Waals surface area contributed by atoms with Crippen molar-refractivity contribution in [1.82, 2.24) is 0 Å². The van der Waals surface area contributed by atoms with Gasteiger partial charge in [-0.1, -0.05) is 12.2 Å². The Kier molecular flexibility index (Phi) is 4.20. The van der Waals surface area contributed by atoms with E-state index in [4.69, 9.17) is 9.47 Å². The van der Waals surface area contributed by atoms with E-state index in [0.717, 1.165) is 5.75 Å². The van der Waals surface area contributed by atoms with Crippen LogP contribution in [0.2, 0.25) is 0 Å². The summed E-state index contributed by atoms with van der Waals surface area (Å²) >= 11 is 1.61. The normalized spacial score (nSPS) is 17.5. The van der Waals surface area contributed by atoms with Crippen LogP contribution in [0.3, 0.4) is 0 Å². The molecule has 15 heavy (non-hydrogen) atoms. The van der Waals surface area contributed by atoms with Gasteiger partial charge in [0.2, 0.25) is 0 Å². The van der Waals surface area contributed by atoms with Gasteiger partial charge in [-0.15, -0.1) is 11.8 Å². The summed E-state index contributed by atoms with van der Waals surface area (Å²) < 4.78 is 9.53. The molecule has 0 amide bonds. The average Bonchev–Trinajstić information content (AvgIpc) is 2.61. The van der Waals surface area contributed by atoms with Gasteiger partial charge in [-0.25, -0.2) is 0 Å². The van der Waals surface area contributed by atoms with Crippen molar-refractivity contribution >= 4 is 23.7 Å². The third-order valence-corrected chi connectivity index (χ3v) is 3.23. The van der Waals surface area contributed by atoms with Crippen LogP contribution in [0.25, 0.3) is 0 Å². The van der Waals surface area contributed by atoms with Crippen molar-refractivity contribution in [1.29, 1.82) is 0 Å². The lowest BCUT2D eigenvalue weighted by atomic mass is 10.1. The van der Waals surface area contributed by atoms with E-state index in [2.05, 4.69) is 0 Å². The van der Waals surface area contributed by atoms with Gasteiger partial charge in [-0.05, 0) is 0 Å². The molecule has 0 atom stereocenters. The van der Waals surface area contributed by atoms with Gasteiger partial charge in [0, 0.05) is 19.6 Å². The van der Waals surface area contributed by atoms with Crippen LogP contribution in [0.4, 0.5) is 0 Å². The molecule has 4 nitrogen and oxygen atoms in total. The van der Waals surface area contributed by atoms with Crippen molar-refractivity contribution < 1.29 is 19.1 Å². The first-order chi connectivity index (χ1) is 7.04. The van der Waals surface area contributed by atoms with Crippen LogP contribution >= 0.6 is 11.8 Å². The Morgan fingerprint density at radius 2 is 1.80 bits per heavy atom. The lowest BCUT2D eigenvalue weighted by Gasteiger charge is -2.24. The van der Waals surface area contributed by atoms with Crippen LogP contribution in [-0.4, -0.2) is 35.7 Å². The number of ether oxygens (including phenoxy) is 2. The fourth-order valence-electron chi connectivity index (χ4n) is 1.19. The quantitative estimate of drug-likeness (QED) is 0.535. The molecule has 0 fully saturated rings. The van der Waals surface area contributed by atoms with E-state index in [1.165, 1.54) is 13.8 Å². The van der Waals surface area contributed by atoms with Crippen molar-refractivity contribution in [3.63, 3.8) is 0 Å². The number of carbonyl (C=O) groups excluding carboxylic acids is 2. The maximum atomic E-state index is 10.7. The molecule has 0 N–H and O–H groups in total. The summed E-state index contributed by atoms with van der Waals surface area (Å²) in [5.74, 6) is 0.207. The van der Waals surface area contributed by atoms with Crippen LogP contribution in [0.1, 0.15) is 13.8 Å². The largest absolute Gasteiger partial charge is 0.464 e. The van der Waals surface area contributed by atoms with Gasteiger partial charge in [0.05, 0.1) is 0 Å². The first kappa shape index (κ1) is 12.1. The van der Waals surface area contributed by atoms with Gasteiger partial charge >= 0.3 is 11.9 Å². The predicted molar refractivity (Wildman–Crippen MR) is 57.6 cm³/mol. The fraction of sp³-hybridized carbons (Fsp3) is 0.600. The fourth-order valence-corrected chi connectivity index (χ4v) is 2.20. The highest BCUT2D eigenvalue weighted by Gasteiger charge is 2.33. The minimum absolute atomic E-state index is 0.247. The molecule has 0 saturated carbocycles. The Morgan fingerprint density at radius 1 is 1.27 bits per heavy atom. The number of esters is 2. The Morgan fingerprint density at radius 3 is 2.13 bits per heavy atom. The van der Waals surface area contributed by atoms with Gasteiger partial charge in [0.1, 0.15) is 18.0 Å². The van der Waals surface area contributed by atoms with Crippen LogP contribution in [-0.2, 0) is 19.1 Å². The van der Waals surface area contributed by atoms with E-state index in [-0.39, 0.29) is 25.2 Å². The molecule has 0 unspecified atom stereocenters. The summed E-state index contributed by atoms with van der Waals surface area (Å²) in [4.78, 5) is 21.4. The van der Waals surface area contributed by atoms with Gasteiger partial charge in [0.25, 0.3) is 0 Å². The zero-order chi connectivity index (χ0) is 11.3. The van der Waals surface area contributed by atoms with E-state index in [1.807, 2.05) is 12.2 Å². The highest BCUT2D eigenvalue weighted by Crippen LogP contribution is 2.33. The Labute approximate surface area is 93.0 Å². The number of thioether (sulfide) groups is 1. The summed E-state index contributed by atoms with van der Waals surface area (Å²) in [5.41, 5.74) is 0. The van der Waals surface area contributed by atoms with Gasteiger partial charge in [-0.2, -0.15) is 0 Å². The molecule has 84 valence electrons. The standard InChI is InChI=1S/C10H14O4S/c1-8(11)13-6-10(4-3-5-15-10)7-14-9(2)12/h3-4H,5-7H2,1-2H3. The van der Waals surface area contributed by atoms with Crippen molar-refractivity contribution in [3.05, 3.63) is 12.2 Å². The second-order valence-electron chi connectivity index (χ2n) is 3.34. The molecule has 1 rings (SSSR count). The van der Waals surface area contributed by atoms with E-state index in [9.17, 15) is 9.59 Å². The average molecular weight is 230 g/mol. The van der Waals surface area contributed by atoms with E-state index < -0.39 is 4.75 Å². The molecule has 0 saturated heterocycles. The molecule has 0 radical (unpaired) electrons. The van der Waals surface area contributed by atoms with E-state index >= 15 is 0 Å². The molecular formula is C10H14O4S. The van der Waals surface area contributed by atoms with Gasteiger partial charge < -0.3 is 9.47 Å². The zero-order valence-corrected chi connectivity index (χ0v) is 9.63. The summed E-state index contributed by atoms with van der Waals surface area (Å²) in [6, 6.07) is 0. The van der Waals surface area contributed by atoms with Crippen molar-refractivity contribution in [2.75, 3.05) is 19.0 Å². The predicted octanol–water partition coefficient (Wildman–Crippen LogP) is 1.15. The second-order valence-corrected chi connectivity index (χ2v) is 4.77. The molecule has 1 heterocycles. The molecule has 0 aromatic carbocycles. The molecule has 0 bridgehead atoms. The SMILES string of the molecule is CC(=O)OCC1(COC(C)=O)C=CCS1. The topological polar surface area (TPSA) is 52.6 Å². The smallest absolute Gasteiger partial charge is 0.302 e. The molecule has 1 aliphatic rings. The highest BCUT2D eigenvalue weighted by molar-refractivity contribution is 8.01. The second kappa shape index (κ2) is 5.21. The van der Waals surface area contributed by atoms with Crippen LogP contribution < -0.4 is 0 Å². The highest BCUT2D eigenvalue weighted by atomic mass is 32.2. The molecule has 1 aliphatic heterocycles. The lowest BCUT2D eigenvalue weighted by Crippen LogP contribution is -2.34. The maximum absolute atomic E-state index is 10.7. The third-order valence-electron chi connectivity index (χ3n) is 1.93. The van der Waals surface area contributed by atoms with Crippen molar-refractivity contribution in [2.24, 2.45) is 0 Å². The number of hydrogen-bond acceptors (Lipinski definition) is 5. The summed E-state index contributed by atoms with van der Waals surface area (Å²) in [6.07, 6.45) is 3.92. The van der Waals surface area contributed by atoms with Crippen LogP contribution in [0, 0.1) is 0 Å². The molecule has 0 aromatic heterocycles. The monoisotopic (exact) mass is 230 g/mol. The van der Waals surface area contributed by atoms with E-state index in [1.54, 1.807) is 11.8 Å². The number of hydrogen-bond donors (Lipinski definition) is 0. The third kappa shape index (κ3) is 3.95. The lowest BCUT2D eigenvalue weighted by molar-refractivity contribution is -0.144. The van der Waals surface area contributed by atoms with Crippen LogP contribution in [0.15, 0.2) is 12.2 Å². The van der Waals surface area contributed by atoms with E-state index in [0.29, 0.717) is 0 Å². The Hall–Kier alpha value is -0.970. The zero-order valence-electron chi connectivity index (χ0n) is 8.82. The summed E-state index contributed by atoms with van der Waals surface area (Å²) in [5, 5.41) is 0. The molecular weight excluding hydrogens is 216 g/mol. The maximum Gasteiger partial charge on any atom is 0.302 e. The first-order valence-electron chi connectivity index (χ1n) is 4.62. The Bertz CT molecular complexity index is 267.